The number of hydrogen-bond donors (Lipinski definition) is 0. The van der Waals surface area contributed by atoms with Gasteiger partial charge in [-0.2, -0.15) is 0 Å². The summed E-state index contributed by atoms with van der Waals surface area (Å²) in [5, 5.41) is 1.10. The van der Waals surface area contributed by atoms with E-state index in [1.807, 2.05) is 13.2 Å². The lowest BCUT2D eigenvalue weighted by Gasteiger charge is -2.25. The number of nitrogens with zero attached hydrogens (tertiary/aromatic N) is 1. The van der Waals surface area contributed by atoms with Crippen molar-refractivity contribution in [1.82, 2.24) is 4.57 Å². The van der Waals surface area contributed by atoms with Crippen LogP contribution < -0.4 is 0 Å². The summed E-state index contributed by atoms with van der Waals surface area (Å²) in [5.41, 5.74) is 3.44. The highest BCUT2D eigenvalue weighted by molar-refractivity contribution is 6.09. The Morgan fingerprint density at radius 1 is 1.35 bits per heavy atom. The first-order chi connectivity index (χ1) is 9.40. The van der Waals surface area contributed by atoms with E-state index in [0.717, 1.165) is 29.3 Å². The Bertz CT molecular complexity index is 678. The van der Waals surface area contributed by atoms with Gasteiger partial charge in [-0.3, -0.25) is 4.79 Å². The molecule has 0 N–H and O–H groups in total. The van der Waals surface area contributed by atoms with Gasteiger partial charge < -0.3 is 4.57 Å². The molecular weight excluding hydrogens is 246 g/mol. The van der Waals surface area contributed by atoms with Crippen LogP contribution in [-0.4, -0.2) is 10.4 Å². The Morgan fingerprint density at radius 2 is 2.10 bits per heavy atom. The molecule has 1 aromatic heterocycles. The van der Waals surface area contributed by atoms with Crippen molar-refractivity contribution >= 4 is 16.7 Å². The molecule has 1 aliphatic carbocycles. The minimum Gasteiger partial charge on any atom is -0.350 e. The van der Waals surface area contributed by atoms with Gasteiger partial charge in [-0.15, -0.1) is 0 Å². The van der Waals surface area contributed by atoms with Crippen LogP contribution in [-0.2, 0) is 7.05 Å². The summed E-state index contributed by atoms with van der Waals surface area (Å²) in [6.45, 7) is 6.56. The lowest BCUT2D eigenvalue weighted by atomic mass is 9.77. The van der Waals surface area contributed by atoms with Crippen LogP contribution in [0.25, 0.3) is 10.9 Å². The van der Waals surface area contributed by atoms with E-state index in [1.54, 1.807) is 0 Å². The van der Waals surface area contributed by atoms with Crippen molar-refractivity contribution in [2.45, 2.75) is 40.0 Å². The molecule has 3 rings (SSSR count). The smallest absolute Gasteiger partial charge is 0.168 e. The first kappa shape index (κ1) is 13.4. The molecule has 0 bridgehead atoms. The Labute approximate surface area is 120 Å². The fourth-order valence-electron chi connectivity index (χ4n) is 3.69. The van der Waals surface area contributed by atoms with Gasteiger partial charge in [0.2, 0.25) is 0 Å². The van der Waals surface area contributed by atoms with Gasteiger partial charge in [0.1, 0.15) is 0 Å². The number of ketones is 1. The molecule has 20 heavy (non-hydrogen) atoms. The quantitative estimate of drug-likeness (QED) is 0.736. The first-order valence-corrected chi connectivity index (χ1v) is 7.50. The maximum absolute atomic E-state index is 13.0. The van der Waals surface area contributed by atoms with Crippen LogP contribution in [0, 0.1) is 18.3 Å². The third-order valence-electron chi connectivity index (χ3n) is 4.99. The molecule has 1 saturated carbocycles. The number of benzene rings is 1. The monoisotopic (exact) mass is 269 g/mol. The van der Waals surface area contributed by atoms with Crippen molar-refractivity contribution in [3.8, 4) is 0 Å². The van der Waals surface area contributed by atoms with Crippen LogP contribution in [0.2, 0.25) is 0 Å². The summed E-state index contributed by atoms with van der Waals surface area (Å²) in [5.74, 6) is 0.511. The number of carbonyl (C=O) groups is 1. The average Bonchev–Trinajstić information content (AvgIpc) is 2.89. The first-order valence-electron chi connectivity index (χ1n) is 7.50. The molecule has 0 saturated heterocycles. The fourth-order valence-corrected chi connectivity index (χ4v) is 3.69. The van der Waals surface area contributed by atoms with Crippen LogP contribution in [0.1, 0.15) is 49.0 Å². The van der Waals surface area contributed by atoms with E-state index in [0.29, 0.717) is 5.78 Å². The van der Waals surface area contributed by atoms with Gasteiger partial charge in [0.15, 0.2) is 5.78 Å². The number of hydrogen-bond acceptors (Lipinski definition) is 1. The Morgan fingerprint density at radius 3 is 2.75 bits per heavy atom. The lowest BCUT2D eigenvalue weighted by molar-refractivity contribution is 0.0841. The Balaban J connectivity index is 2.09. The van der Waals surface area contributed by atoms with E-state index in [-0.39, 0.29) is 11.3 Å². The number of fused-ring (bicyclic) bond motifs is 1. The van der Waals surface area contributed by atoms with E-state index in [9.17, 15) is 4.79 Å². The van der Waals surface area contributed by atoms with Crippen LogP contribution in [0.3, 0.4) is 0 Å². The van der Waals surface area contributed by atoms with Gasteiger partial charge in [-0.25, -0.2) is 0 Å². The molecule has 106 valence electrons. The van der Waals surface area contributed by atoms with Crippen molar-refractivity contribution in [2.24, 2.45) is 18.4 Å². The zero-order valence-electron chi connectivity index (χ0n) is 12.9. The van der Waals surface area contributed by atoms with E-state index in [1.165, 1.54) is 12.0 Å². The van der Waals surface area contributed by atoms with Gasteiger partial charge >= 0.3 is 0 Å². The molecule has 0 radical (unpaired) electrons. The molecule has 2 aromatic rings. The van der Waals surface area contributed by atoms with E-state index >= 15 is 0 Å². The van der Waals surface area contributed by atoms with Crippen LogP contribution in [0.5, 0.6) is 0 Å². The van der Waals surface area contributed by atoms with Crippen molar-refractivity contribution < 1.29 is 4.79 Å². The third-order valence-corrected chi connectivity index (χ3v) is 4.99. The van der Waals surface area contributed by atoms with Gasteiger partial charge in [0, 0.05) is 35.6 Å². The second kappa shape index (κ2) is 4.47. The number of rotatable bonds is 2. The molecule has 2 heteroatoms. The molecule has 1 fully saturated rings. The van der Waals surface area contributed by atoms with Crippen molar-refractivity contribution in [3.63, 3.8) is 0 Å². The Hall–Kier alpha value is -1.57. The van der Waals surface area contributed by atoms with E-state index < -0.39 is 0 Å². The fraction of sp³-hybridized carbons (Fsp3) is 0.500. The second-order valence-corrected chi connectivity index (χ2v) is 6.97. The van der Waals surface area contributed by atoms with Gasteiger partial charge in [-0.1, -0.05) is 32.4 Å². The van der Waals surface area contributed by atoms with Gasteiger partial charge in [-0.05, 0) is 36.8 Å². The van der Waals surface area contributed by atoms with Crippen LogP contribution >= 0.6 is 0 Å². The van der Waals surface area contributed by atoms with Crippen LogP contribution in [0.15, 0.2) is 24.4 Å². The molecule has 2 nitrogen and oxygen atoms in total. The highest BCUT2D eigenvalue weighted by atomic mass is 16.1. The number of Topliss-reactive ketones (excluding diaryl/α,β-unsaturated/α-hetero) is 1. The van der Waals surface area contributed by atoms with Crippen molar-refractivity contribution in [3.05, 3.63) is 35.5 Å². The predicted molar refractivity (Wildman–Crippen MR) is 83.1 cm³/mol. The number of aromatic nitrogens is 1. The summed E-state index contributed by atoms with van der Waals surface area (Å²) in [6, 6.07) is 6.35. The second-order valence-electron chi connectivity index (χ2n) is 6.97. The number of aryl methyl sites for hydroxylation is 2. The van der Waals surface area contributed by atoms with Gasteiger partial charge in [0.25, 0.3) is 0 Å². The van der Waals surface area contributed by atoms with Crippen molar-refractivity contribution in [1.29, 1.82) is 0 Å². The summed E-state index contributed by atoms with van der Waals surface area (Å²) < 4.78 is 2.08. The third kappa shape index (κ3) is 1.98. The van der Waals surface area contributed by atoms with Gasteiger partial charge in [0.05, 0.1) is 0 Å². The zero-order chi connectivity index (χ0) is 14.5. The predicted octanol–water partition coefficient (Wildman–Crippen LogP) is 4.50. The summed E-state index contributed by atoms with van der Waals surface area (Å²) in [4.78, 5) is 13.0. The normalized spacial score (nSPS) is 21.5. The summed E-state index contributed by atoms with van der Waals surface area (Å²) in [7, 11) is 2.03. The molecule has 1 heterocycles. The molecule has 1 atom stereocenters. The minimum atomic E-state index is 0.143. The highest BCUT2D eigenvalue weighted by Gasteiger charge is 2.40. The SMILES string of the molecule is Cc1ccc2c(C(=O)C3CCCC3(C)C)cn(C)c2c1. The highest BCUT2D eigenvalue weighted by Crippen LogP contribution is 2.44. The minimum absolute atomic E-state index is 0.143. The maximum atomic E-state index is 13.0. The Kier molecular flexibility index (Phi) is 3.00. The largest absolute Gasteiger partial charge is 0.350 e. The molecule has 1 aliphatic rings. The summed E-state index contributed by atoms with van der Waals surface area (Å²) in [6.07, 6.45) is 5.38. The summed E-state index contributed by atoms with van der Waals surface area (Å²) >= 11 is 0. The molecule has 1 aromatic carbocycles. The zero-order valence-corrected chi connectivity index (χ0v) is 12.9. The van der Waals surface area contributed by atoms with Crippen LogP contribution in [0.4, 0.5) is 0 Å². The molecule has 0 spiro atoms. The lowest BCUT2D eigenvalue weighted by Crippen LogP contribution is -2.25. The van der Waals surface area contributed by atoms with E-state index in [4.69, 9.17) is 0 Å². The molecular formula is C18H23NO. The van der Waals surface area contributed by atoms with E-state index in [2.05, 4.69) is 43.5 Å². The molecule has 0 amide bonds. The molecule has 0 aliphatic heterocycles. The number of carbonyl (C=O) groups excluding carboxylic acids is 1. The standard InChI is InChI=1S/C18H23NO/c1-12-7-8-13-14(11-19(4)16(13)10-12)17(20)15-6-5-9-18(15,2)3/h7-8,10-11,15H,5-6,9H2,1-4H3. The van der Waals surface area contributed by atoms with Crippen molar-refractivity contribution in [2.75, 3.05) is 0 Å². The topological polar surface area (TPSA) is 22.0 Å². The average molecular weight is 269 g/mol. The molecule has 1 unspecified atom stereocenters. The maximum Gasteiger partial charge on any atom is 0.168 e.